The van der Waals surface area contributed by atoms with Crippen molar-refractivity contribution in [3.8, 4) is 0 Å². The maximum atomic E-state index is 12.1. The summed E-state index contributed by atoms with van der Waals surface area (Å²) in [6.45, 7) is 2.45. The third kappa shape index (κ3) is 4.45. The largest absolute Gasteiger partial charge is 0.364 e. The van der Waals surface area contributed by atoms with Crippen LogP contribution in [0.5, 0.6) is 0 Å². The first-order valence-electron chi connectivity index (χ1n) is 6.51. The summed E-state index contributed by atoms with van der Waals surface area (Å²) < 4.78 is 6.61. The highest BCUT2D eigenvalue weighted by Gasteiger charge is 2.30. The number of rotatable bonds is 4. The van der Waals surface area contributed by atoms with Crippen molar-refractivity contribution in [2.75, 3.05) is 6.54 Å². The first-order valence-corrected chi connectivity index (χ1v) is 7.31. The Labute approximate surface area is 134 Å². The minimum absolute atomic E-state index is 0. The number of benzene rings is 1. The Bertz CT molecular complexity index is 441. The Morgan fingerprint density at radius 2 is 2.10 bits per heavy atom. The van der Waals surface area contributed by atoms with Gasteiger partial charge in [-0.25, -0.2) is 0 Å². The number of nitrogens with one attached hydrogen (secondary N) is 1. The summed E-state index contributed by atoms with van der Waals surface area (Å²) >= 11 is 3.39. The van der Waals surface area contributed by atoms with Gasteiger partial charge in [0.2, 0.25) is 5.91 Å². The average Bonchev–Trinajstić information content (AvgIpc) is 2.88. The summed E-state index contributed by atoms with van der Waals surface area (Å²) in [5, 5.41) is 2.98. The number of nitrogens with two attached hydrogens (primary N) is 1. The topological polar surface area (TPSA) is 64.4 Å². The van der Waals surface area contributed by atoms with Gasteiger partial charge >= 0.3 is 0 Å². The van der Waals surface area contributed by atoms with E-state index in [2.05, 4.69) is 21.2 Å². The second-order valence-corrected chi connectivity index (χ2v) is 5.76. The smallest absolute Gasteiger partial charge is 0.249 e. The summed E-state index contributed by atoms with van der Waals surface area (Å²) in [5.74, 6) is -0.0497. The van der Waals surface area contributed by atoms with Crippen molar-refractivity contribution < 1.29 is 9.53 Å². The maximum Gasteiger partial charge on any atom is 0.249 e. The van der Waals surface area contributed by atoms with Gasteiger partial charge in [0, 0.05) is 11.0 Å². The fourth-order valence-electron chi connectivity index (χ4n) is 2.21. The second kappa shape index (κ2) is 7.98. The maximum absolute atomic E-state index is 12.1. The molecule has 1 saturated heterocycles. The van der Waals surface area contributed by atoms with Crippen LogP contribution >= 0.6 is 28.3 Å². The van der Waals surface area contributed by atoms with E-state index in [1.54, 1.807) is 0 Å². The van der Waals surface area contributed by atoms with Crippen molar-refractivity contribution in [1.29, 1.82) is 0 Å². The van der Waals surface area contributed by atoms with Crippen molar-refractivity contribution in [3.05, 3.63) is 34.3 Å². The standard InChI is InChI=1S/C14H19BrN2O2.ClH/c1-9(10-2-4-11(15)5-3-10)17-14(18)13-7-6-12(8-16)19-13;/h2-5,9,12-13H,6-8,16H2,1H3,(H,17,18);1H/t9?,12-,13+;/m1./s1. The van der Waals surface area contributed by atoms with Gasteiger partial charge in [0.25, 0.3) is 0 Å². The van der Waals surface area contributed by atoms with Crippen LogP contribution in [0.4, 0.5) is 0 Å². The Morgan fingerprint density at radius 3 is 2.65 bits per heavy atom. The highest BCUT2D eigenvalue weighted by Crippen LogP contribution is 2.21. The molecule has 2 rings (SSSR count). The van der Waals surface area contributed by atoms with Crippen LogP contribution < -0.4 is 11.1 Å². The van der Waals surface area contributed by atoms with Gasteiger partial charge in [0.1, 0.15) is 6.10 Å². The predicted molar refractivity (Wildman–Crippen MR) is 84.9 cm³/mol. The van der Waals surface area contributed by atoms with E-state index in [0.29, 0.717) is 6.54 Å². The SMILES string of the molecule is CC(NC(=O)[C@@H]1CC[C@H](CN)O1)c1ccc(Br)cc1.Cl. The fraction of sp³-hybridized carbons (Fsp3) is 0.500. The molecule has 4 nitrogen and oxygen atoms in total. The first kappa shape index (κ1) is 17.4. The quantitative estimate of drug-likeness (QED) is 0.864. The van der Waals surface area contributed by atoms with E-state index in [9.17, 15) is 4.79 Å². The van der Waals surface area contributed by atoms with Gasteiger partial charge in [0.05, 0.1) is 12.1 Å². The predicted octanol–water partition coefficient (Wildman–Crippen LogP) is 2.55. The fourth-order valence-corrected chi connectivity index (χ4v) is 2.48. The van der Waals surface area contributed by atoms with E-state index in [1.807, 2.05) is 31.2 Å². The van der Waals surface area contributed by atoms with Gasteiger partial charge in [-0.2, -0.15) is 0 Å². The lowest BCUT2D eigenvalue weighted by Crippen LogP contribution is -2.36. The van der Waals surface area contributed by atoms with Crippen LogP contribution in [-0.4, -0.2) is 24.7 Å². The molecule has 1 heterocycles. The number of ether oxygens (including phenoxy) is 1. The van der Waals surface area contributed by atoms with Crippen LogP contribution in [0.25, 0.3) is 0 Å². The molecule has 1 aromatic rings. The molecule has 0 radical (unpaired) electrons. The third-order valence-corrected chi connectivity index (χ3v) is 3.92. The number of hydrogen-bond donors (Lipinski definition) is 2. The van der Waals surface area contributed by atoms with Crippen LogP contribution in [0.15, 0.2) is 28.7 Å². The molecule has 0 aromatic heterocycles. The summed E-state index contributed by atoms with van der Waals surface area (Å²) in [7, 11) is 0. The first-order chi connectivity index (χ1) is 9.10. The molecule has 1 aliphatic heterocycles. The molecule has 0 aliphatic carbocycles. The molecule has 1 aromatic carbocycles. The van der Waals surface area contributed by atoms with Crippen LogP contribution in [0.2, 0.25) is 0 Å². The zero-order valence-corrected chi connectivity index (χ0v) is 13.7. The molecule has 3 N–H and O–H groups in total. The molecule has 1 aliphatic rings. The zero-order valence-electron chi connectivity index (χ0n) is 11.3. The summed E-state index contributed by atoms with van der Waals surface area (Å²) in [6, 6.07) is 7.89. The number of amides is 1. The molecule has 0 spiro atoms. The van der Waals surface area contributed by atoms with E-state index < -0.39 is 0 Å². The highest BCUT2D eigenvalue weighted by molar-refractivity contribution is 9.10. The molecule has 6 heteroatoms. The number of carbonyl (C=O) groups is 1. The Balaban J connectivity index is 0.00000200. The minimum Gasteiger partial charge on any atom is -0.364 e. The number of halogens is 2. The van der Waals surface area contributed by atoms with Gasteiger partial charge in [-0.15, -0.1) is 12.4 Å². The summed E-state index contributed by atoms with van der Waals surface area (Å²) in [4.78, 5) is 12.1. The normalized spacial score (nSPS) is 22.9. The molecular formula is C14H20BrClN2O2. The Kier molecular flexibility index (Phi) is 6.95. The van der Waals surface area contributed by atoms with E-state index in [1.165, 1.54) is 0 Å². The van der Waals surface area contributed by atoms with Gasteiger partial charge in [0.15, 0.2) is 0 Å². The summed E-state index contributed by atoms with van der Waals surface area (Å²) in [5.41, 5.74) is 6.62. The molecule has 3 atom stereocenters. The van der Waals surface area contributed by atoms with Gasteiger partial charge in [-0.1, -0.05) is 28.1 Å². The van der Waals surface area contributed by atoms with Crippen molar-refractivity contribution in [2.45, 2.75) is 38.0 Å². The van der Waals surface area contributed by atoms with Gasteiger partial charge < -0.3 is 15.8 Å². The molecule has 1 unspecified atom stereocenters. The van der Waals surface area contributed by atoms with Gasteiger partial charge in [-0.05, 0) is 37.5 Å². The van der Waals surface area contributed by atoms with Crippen molar-refractivity contribution >= 4 is 34.2 Å². The lowest BCUT2D eigenvalue weighted by atomic mass is 10.1. The highest BCUT2D eigenvalue weighted by atomic mass is 79.9. The van der Waals surface area contributed by atoms with Crippen LogP contribution in [0.3, 0.4) is 0 Å². The minimum atomic E-state index is -0.355. The van der Waals surface area contributed by atoms with E-state index in [4.69, 9.17) is 10.5 Å². The second-order valence-electron chi connectivity index (χ2n) is 4.84. The molecule has 20 heavy (non-hydrogen) atoms. The lowest BCUT2D eigenvalue weighted by molar-refractivity contribution is -0.132. The molecule has 112 valence electrons. The van der Waals surface area contributed by atoms with Crippen LogP contribution in [-0.2, 0) is 9.53 Å². The molecular weight excluding hydrogens is 344 g/mol. The van der Waals surface area contributed by atoms with Crippen molar-refractivity contribution in [2.24, 2.45) is 5.73 Å². The Hall–Kier alpha value is -0.620. The van der Waals surface area contributed by atoms with Crippen LogP contribution in [0, 0.1) is 0 Å². The number of carbonyl (C=O) groups excluding carboxylic acids is 1. The van der Waals surface area contributed by atoms with Crippen LogP contribution in [0.1, 0.15) is 31.4 Å². The third-order valence-electron chi connectivity index (χ3n) is 3.39. The van der Waals surface area contributed by atoms with E-state index in [-0.39, 0.29) is 36.6 Å². The zero-order chi connectivity index (χ0) is 13.8. The summed E-state index contributed by atoms with van der Waals surface area (Å²) in [6.07, 6.45) is 1.28. The van der Waals surface area contributed by atoms with E-state index in [0.717, 1.165) is 22.9 Å². The monoisotopic (exact) mass is 362 g/mol. The number of hydrogen-bond acceptors (Lipinski definition) is 3. The molecule has 0 bridgehead atoms. The van der Waals surface area contributed by atoms with E-state index >= 15 is 0 Å². The average molecular weight is 364 g/mol. The molecule has 1 fully saturated rings. The van der Waals surface area contributed by atoms with Crippen molar-refractivity contribution in [1.82, 2.24) is 5.32 Å². The molecule has 1 amide bonds. The van der Waals surface area contributed by atoms with Gasteiger partial charge in [-0.3, -0.25) is 4.79 Å². The Morgan fingerprint density at radius 1 is 1.45 bits per heavy atom. The van der Waals surface area contributed by atoms with Crippen molar-refractivity contribution in [3.63, 3.8) is 0 Å². The molecule has 0 saturated carbocycles. The lowest BCUT2D eigenvalue weighted by Gasteiger charge is -2.18.